The van der Waals surface area contributed by atoms with Crippen molar-refractivity contribution in [3.05, 3.63) is 0 Å². The average molecular weight is 565 g/mol. The number of hydrogen-bond acceptors (Lipinski definition) is 1. The molecular formula is C24H64OSi7. The molecule has 0 aromatic carbocycles. The molecule has 0 spiro atoms. The van der Waals surface area contributed by atoms with E-state index in [1.165, 1.54) is 23.8 Å². The highest BCUT2D eigenvalue weighted by atomic mass is 28.5. The quantitative estimate of drug-likeness (QED) is 0.196. The maximum Gasteiger partial charge on any atom is 0.183 e. The third-order valence-corrected chi connectivity index (χ3v) is 51.0. The van der Waals surface area contributed by atoms with Crippen LogP contribution in [0.1, 0.15) is 20.3 Å². The van der Waals surface area contributed by atoms with Crippen LogP contribution in [0.2, 0.25) is 131 Å². The Morgan fingerprint density at radius 2 is 0.844 bits per heavy atom. The van der Waals surface area contributed by atoms with Crippen molar-refractivity contribution in [3.8, 4) is 0 Å². The second-order valence-corrected chi connectivity index (χ2v) is 56.2. The van der Waals surface area contributed by atoms with Crippen LogP contribution in [0, 0.1) is 0 Å². The van der Waals surface area contributed by atoms with Crippen molar-refractivity contribution < 1.29 is 4.80 Å². The first-order chi connectivity index (χ1) is 13.9. The van der Waals surface area contributed by atoms with Crippen molar-refractivity contribution in [1.29, 1.82) is 0 Å². The van der Waals surface area contributed by atoms with Crippen LogP contribution in [-0.2, 0) is 0 Å². The summed E-state index contributed by atoms with van der Waals surface area (Å²) in [7, 11) is -9.67. The minimum atomic E-state index is -2.16. The molecule has 8 heteroatoms. The van der Waals surface area contributed by atoms with Crippen molar-refractivity contribution in [2.45, 2.75) is 151 Å². The molecule has 0 saturated heterocycles. The van der Waals surface area contributed by atoms with Crippen LogP contribution in [0.4, 0.5) is 0 Å². The number of hydrogen-bond donors (Lipinski definition) is 1. The molecule has 0 aliphatic rings. The zero-order chi connectivity index (χ0) is 25.9. The van der Waals surface area contributed by atoms with Crippen LogP contribution < -0.4 is 0 Å². The average Bonchev–Trinajstić information content (AvgIpc) is 2.37. The highest BCUT2D eigenvalue weighted by Crippen LogP contribution is 2.44. The molecule has 0 fully saturated rings. The van der Waals surface area contributed by atoms with Gasteiger partial charge in [-0.05, 0) is 17.4 Å². The van der Waals surface area contributed by atoms with Crippen molar-refractivity contribution >= 4 is 56.8 Å². The Balaban J connectivity index is 6.55. The summed E-state index contributed by atoms with van der Waals surface area (Å²) in [5.41, 5.74) is 9.05. The van der Waals surface area contributed by atoms with Gasteiger partial charge in [-0.25, -0.2) is 0 Å². The van der Waals surface area contributed by atoms with E-state index in [-0.39, 0.29) is 0 Å². The highest BCUT2D eigenvalue weighted by molar-refractivity contribution is 7.13. The van der Waals surface area contributed by atoms with Gasteiger partial charge in [0.2, 0.25) is 0 Å². The van der Waals surface area contributed by atoms with E-state index in [0.29, 0.717) is 0 Å². The van der Waals surface area contributed by atoms with E-state index in [1.54, 1.807) is 22.7 Å². The lowest BCUT2D eigenvalue weighted by Crippen LogP contribution is -2.58. The van der Waals surface area contributed by atoms with Gasteiger partial charge in [-0.1, -0.05) is 134 Å². The number of rotatable bonds is 15. The van der Waals surface area contributed by atoms with Crippen LogP contribution >= 0.6 is 0 Å². The van der Waals surface area contributed by atoms with Gasteiger partial charge in [0.25, 0.3) is 0 Å². The molecule has 2 unspecified atom stereocenters. The summed E-state index contributed by atoms with van der Waals surface area (Å²) in [6.07, 6.45) is 1.35. The Morgan fingerprint density at radius 1 is 0.469 bits per heavy atom. The van der Waals surface area contributed by atoms with E-state index in [0.717, 1.165) is 6.04 Å². The largest absolute Gasteiger partial charge is 0.432 e. The molecule has 32 heavy (non-hydrogen) atoms. The Morgan fingerprint density at radius 3 is 1.12 bits per heavy atom. The molecule has 0 aromatic heterocycles. The molecule has 1 N–H and O–H groups in total. The van der Waals surface area contributed by atoms with E-state index in [4.69, 9.17) is 0 Å². The lowest BCUT2D eigenvalue weighted by Gasteiger charge is -2.48. The predicted molar refractivity (Wildman–Crippen MR) is 173 cm³/mol. The van der Waals surface area contributed by atoms with Gasteiger partial charge in [0, 0.05) is 48.4 Å². The topological polar surface area (TPSA) is 20.2 Å². The van der Waals surface area contributed by atoms with Gasteiger partial charge in [-0.15, -0.1) is 0 Å². The molecule has 0 aromatic rings. The van der Waals surface area contributed by atoms with Gasteiger partial charge in [0.05, 0.1) is 0 Å². The Bertz CT molecular complexity index is 553. The summed E-state index contributed by atoms with van der Waals surface area (Å²) in [6.45, 7) is 38.8. The van der Waals surface area contributed by atoms with Crippen molar-refractivity contribution in [2.75, 3.05) is 0 Å². The van der Waals surface area contributed by atoms with Crippen LogP contribution in [0.25, 0.3) is 0 Å². The molecule has 1 nitrogen and oxygen atoms in total. The molecule has 0 bridgehead atoms. The molecular weight excluding hydrogens is 501 g/mol. The van der Waals surface area contributed by atoms with E-state index in [1.807, 2.05) is 0 Å². The van der Waals surface area contributed by atoms with Crippen LogP contribution in [0.5, 0.6) is 0 Å². The first-order valence-corrected chi connectivity index (χ1v) is 36.9. The van der Waals surface area contributed by atoms with E-state index in [9.17, 15) is 4.80 Å². The smallest absolute Gasteiger partial charge is 0.183 e. The van der Waals surface area contributed by atoms with Crippen LogP contribution in [0.3, 0.4) is 0 Å². The molecule has 0 saturated carbocycles. The molecule has 0 aliphatic carbocycles. The minimum Gasteiger partial charge on any atom is -0.432 e. The third kappa shape index (κ3) is 14.8. The molecule has 0 heterocycles. The highest BCUT2D eigenvalue weighted by Gasteiger charge is 2.50. The van der Waals surface area contributed by atoms with Crippen LogP contribution in [-0.4, -0.2) is 61.6 Å². The SMILES string of the molecule is CCC[Si](C[Si](C)(C)C)(C[Si](C)(C[Si](C)(C)C)C[Si](C)(C)C)C[Si](O)(CC)C[Si](C)(C)C. The molecule has 0 aliphatic heterocycles. The maximum absolute atomic E-state index is 12.2. The molecule has 0 radical (unpaired) electrons. The van der Waals surface area contributed by atoms with E-state index < -0.39 is 56.8 Å². The lowest BCUT2D eigenvalue weighted by atomic mass is 10.6. The zero-order valence-corrected chi connectivity index (χ0v) is 32.3. The van der Waals surface area contributed by atoms with Gasteiger partial charge < -0.3 is 4.80 Å². The summed E-state index contributed by atoms with van der Waals surface area (Å²) in [6, 6.07) is 2.60. The molecule has 0 rings (SSSR count). The van der Waals surface area contributed by atoms with Crippen molar-refractivity contribution in [3.63, 3.8) is 0 Å². The maximum atomic E-state index is 12.2. The fourth-order valence-corrected chi connectivity index (χ4v) is 74.5. The summed E-state index contributed by atoms with van der Waals surface area (Å²) >= 11 is 0. The summed E-state index contributed by atoms with van der Waals surface area (Å²) in [5, 5.41) is 0. The molecule has 0 amide bonds. The monoisotopic (exact) mass is 564 g/mol. The van der Waals surface area contributed by atoms with Crippen molar-refractivity contribution in [1.82, 2.24) is 0 Å². The first kappa shape index (κ1) is 33.5. The Kier molecular flexibility index (Phi) is 12.2. The van der Waals surface area contributed by atoms with Gasteiger partial charge in [0.1, 0.15) is 0 Å². The van der Waals surface area contributed by atoms with Crippen LogP contribution in [0.15, 0.2) is 0 Å². The predicted octanol–water partition coefficient (Wildman–Crippen LogP) is 9.47. The Labute approximate surface area is 212 Å². The third-order valence-electron chi connectivity index (χ3n) is 6.62. The van der Waals surface area contributed by atoms with E-state index in [2.05, 4.69) is 99.0 Å². The van der Waals surface area contributed by atoms with Gasteiger partial charge in [0.15, 0.2) is 8.32 Å². The fourth-order valence-electron chi connectivity index (χ4n) is 7.76. The normalized spacial score (nSPS) is 18.4. The van der Waals surface area contributed by atoms with Gasteiger partial charge in [-0.2, -0.15) is 0 Å². The molecule has 2 atom stereocenters. The molecule has 194 valence electrons. The van der Waals surface area contributed by atoms with Gasteiger partial charge in [-0.3, -0.25) is 0 Å². The second-order valence-electron chi connectivity index (χ2n) is 16.9. The summed E-state index contributed by atoms with van der Waals surface area (Å²) < 4.78 is 0. The van der Waals surface area contributed by atoms with Gasteiger partial charge >= 0.3 is 0 Å². The zero-order valence-electron chi connectivity index (χ0n) is 25.3. The fraction of sp³-hybridized carbons (Fsp3) is 1.00. The summed E-state index contributed by atoms with van der Waals surface area (Å²) in [4.78, 5) is 12.2. The Hall–Kier alpha value is 1.48. The lowest BCUT2D eigenvalue weighted by molar-refractivity contribution is 0.542. The summed E-state index contributed by atoms with van der Waals surface area (Å²) in [5.74, 6) is 0. The first-order valence-electron chi connectivity index (χ1n) is 13.6. The minimum absolute atomic E-state index is 1.10. The van der Waals surface area contributed by atoms with Crippen molar-refractivity contribution in [2.24, 2.45) is 0 Å². The van der Waals surface area contributed by atoms with E-state index >= 15 is 0 Å². The second kappa shape index (κ2) is 11.7. The standard InChI is InChI=1S/C24H64OSi7/c1-16-18-31(21-28(9,10)11,24-32(25,17-2)22-29(12,13)14)23-30(15,19-26(3,4)5)20-27(6,7)8/h25H,16-24H2,1-15H3.